The summed E-state index contributed by atoms with van der Waals surface area (Å²) in [6.07, 6.45) is -0.742. The highest BCUT2D eigenvalue weighted by atomic mass is 35.5. The highest BCUT2D eigenvalue weighted by molar-refractivity contribution is 6.64. The van der Waals surface area contributed by atoms with Gasteiger partial charge in [-0.1, -0.05) is 18.2 Å². The van der Waals surface area contributed by atoms with Gasteiger partial charge in [0.1, 0.15) is 13.2 Å². The van der Waals surface area contributed by atoms with E-state index in [2.05, 4.69) is 0 Å². The van der Waals surface area contributed by atoms with Crippen LogP contribution in [0.25, 0.3) is 0 Å². The number of rotatable bonds is 6. The van der Waals surface area contributed by atoms with Crippen molar-refractivity contribution in [3.8, 4) is 0 Å². The second kappa shape index (κ2) is 8.07. The molecule has 1 amide bonds. The smallest absolute Gasteiger partial charge is 0.415 e. The molecule has 0 aromatic heterocycles. The molecule has 2 rings (SSSR count). The van der Waals surface area contributed by atoms with Gasteiger partial charge >= 0.3 is 6.09 Å². The third kappa shape index (κ3) is 4.79. The zero-order valence-corrected chi connectivity index (χ0v) is 13.2. The molecule has 0 radical (unpaired) electrons. The average Bonchev–Trinajstić information content (AvgIpc) is 2.58. The summed E-state index contributed by atoms with van der Waals surface area (Å²) in [5, 5.41) is 9.89. The summed E-state index contributed by atoms with van der Waals surface area (Å²) >= 11 is 5.38. The molecule has 0 unspecified atom stereocenters. The van der Waals surface area contributed by atoms with E-state index in [1.807, 2.05) is 0 Å². The number of nitro benzene ring substituents is 1. The van der Waals surface area contributed by atoms with Crippen molar-refractivity contribution in [3.05, 3.63) is 70.3 Å². The van der Waals surface area contributed by atoms with Crippen molar-refractivity contribution >= 4 is 34.3 Å². The van der Waals surface area contributed by atoms with Gasteiger partial charge in [0.15, 0.2) is 0 Å². The van der Waals surface area contributed by atoms with E-state index in [-0.39, 0.29) is 18.8 Å². The van der Waals surface area contributed by atoms with Crippen molar-refractivity contribution in [1.82, 2.24) is 0 Å². The maximum atomic E-state index is 12.2. The number of benzene rings is 2. The van der Waals surface area contributed by atoms with E-state index in [1.165, 1.54) is 24.3 Å². The lowest BCUT2D eigenvalue weighted by Gasteiger charge is -2.20. The molecule has 0 bridgehead atoms. The van der Waals surface area contributed by atoms with Crippen LogP contribution in [-0.2, 0) is 16.1 Å². The number of hydrogen-bond acceptors (Lipinski definition) is 5. The molecule has 0 aliphatic heterocycles. The topological polar surface area (TPSA) is 89.8 Å². The van der Waals surface area contributed by atoms with E-state index < -0.39 is 16.3 Å². The third-order valence-corrected chi connectivity index (χ3v) is 3.20. The molecule has 0 saturated carbocycles. The van der Waals surface area contributed by atoms with Crippen molar-refractivity contribution < 1.29 is 19.2 Å². The number of carbonyl (C=O) groups excluding carboxylic acids is 2. The molecule has 0 aliphatic rings. The molecule has 7 nitrogen and oxygen atoms in total. The quantitative estimate of drug-likeness (QED) is 0.452. The van der Waals surface area contributed by atoms with Crippen LogP contribution in [0, 0.1) is 10.1 Å². The molecular weight excluding hydrogens is 336 g/mol. The summed E-state index contributed by atoms with van der Waals surface area (Å²) in [6.45, 7) is -0.415. The van der Waals surface area contributed by atoms with Gasteiger partial charge in [-0.05, 0) is 41.4 Å². The number of nitro groups is 1. The number of carbonyl (C=O) groups is 2. The summed E-state index contributed by atoms with van der Waals surface area (Å²) in [5.74, 6) is 0. The summed E-state index contributed by atoms with van der Waals surface area (Å²) in [7, 11) is 0. The minimum atomic E-state index is -0.742. The highest BCUT2D eigenvalue weighted by Crippen LogP contribution is 2.17. The van der Waals surface area contributed by atoms with Crippen LogP contribution < -0.4 is 4.90 Å². The third-order valence-electron chi connectivity index (χ3n) is 3.08. The van der Waals surface area contributed by atoms with E-state index in [4.69, 9.17) is 16.3 Å². The molecule has 0 N–H and O–H groups in total. The van der Waals surface area contributed by atoms with Crippen molar-refractivity contribution in [3.63, 3.8) is 0 Å². The van der Waals surface area contributed by atoms with Gasteiger partial charge in [-0.2, -0.15) is 0 Å². The first-order valence-corrected chi connectivity index (χ1v) is 7.26. The zero-order chi connectivity index (χ0) is 17.5. The molecule has 0 spiro atoms. The normalized spacial score (nSPS) is 10.0. The van der Waals surface area contributed by atoms with Gasteiger partial charge < -0.3 is 4.74 Å². The monoisotopic (exact) mass is 348 g/mol. The number of anilines is 1. The first-order chi connectivity index (χ1) is 11.5. The maximum Gasteiger partial charge on any atom is 0.415 e. The van der Waals surface area contributed by atoms with Gasteiger partial charge in [-0.25, -0.2) is 4.79 Å². The van der Waals surface area contributed by atoms with Crippen LogP contribution in [0.1, 0.15) is 5.56 Å². The van der Waals surface area contributed by atoms with Crippen LogP contribution >= 0.6 is 11.6 Å². The van der Waals surface area contributed by atoms with E-state index in [9.17, 15) is 19.7 Å². The van der Waals surface area contributed by atoms with Crippen LogP contribution in [-0.4, -0.2) is 22.8 Å². The summed E-state index contributed by atoms with van der Waals surface area (Å²) in [5.41, 5.74) is 1.00. The second-order valence-corrected chi connectivity index (χ2v) is 5.18. The van der Waals surface area contributed by atoms with Crippen LogP contribution in [0.2, 0.25) is 0 Å². The van der Waals surface area contributed by atoms with Gasteiger partial charge in [0, 0.05) is 17.8 Å². The number of non-ortho nitro benzene ring substituents is 1. The number of hydrogen-bond donors (Lipinski definition) is 0. The Morgan fingerprint density at radius 2 is 1.71 bits per heavy atom. The molecule has 24 heavy (non-hydrogen) atoms. The SMILES string of the molecule is O=C(Cl)CN(C(=O)OCc1ccc([N+](=O)[O-])cc1)c1ccccc1. The number of nitrogens with zero attached hydrogens (tertiary/aromatic N) is 2. The lowest BCUT2D eigenvalue weighted by atomic mass is 10.2. The predicted octanol–water partition coefficient (Wildman–Crippen LogP) is 3.50. The Hall–Kier alpha value is -2.93. The van der Waals surface area contributed by atoms with Crippen molar-refractivity contribution in [1.29, 1.82) is 0 Å². The van der Waals surface area contributed by atoms with E-state index in [0.29, 0.717) is 11.3 Å². The van der Waals surface area contributed by atoms with Crippen molar-refractivity contribution in [2.75, 3.05) is 11.4 Å². The lowest BCUT2D eigenvalue weighted by molar-refractivity contribution is -0.384. The average molecular weight is 349 g/mol. The van der Waals surface area contributed by atoms with Crippen molar-refractivity contribution in [2.24, 2.45) is 0 Å². The van der Waals surface area contributed by atoms with Gasteiger partial charge in [0.2, 0.25) is 5.24 Å². The Kier molecular flexibility index (Phi) is 5.86. The summed E-state index contributed by atoms with van der Waals surface area (Å²) < 4.78 is 5.15. The molecule has 8 heteroatoms. The predicted molar refractivity (Wildman–Crippen MR) is 87.9 cm³/mol. The van der Waals surface area contributed by atoms with Gasteiger partial charge in [-0.15, -0.1) is 0 Å². The molecule has 0 fully saturated rings. The highest BCUT2D eigenvalue weighted by Gasteiger charge is 2.19. The Morgan fingerprint density at radius 3 is 2.25 bits per heavy atom. The largest absolute Gasteiger partial charge is 0.444 e. The summed E-state index contributed by atoms with van der Waals surface area (Å²) in [6, 6.07) is 14.1. The number of ether oxygens (including phenoxy) is 1. The van der Waals surface area contributed by atoms with Crippen LogP contribution in [0.15, 0.2) is 54.6 Å². The molecule has 0 saturated heterocycles. The molecule has 0 atom stereocenters. The Labute approximate surface area is 142 Å². The number of halogens is 1. The first kappa shape index (κ1) is 17.4. The Morgan fingerprint density at radius 1 is 1.08 bits per heavy atom. The fourth-order valence-electron chi connectivity index (χ4n) is 1.93. The first-order valence-electron chi connectivity index (χ1n) is 6.88. The Balaban J connectivity index is 2.05. The lowest BCUT2D eigenvalue weighted by Crippen LogP contribution is -2.34. The molecule has 2 aromatic rings. The number of amides is 1. The van der Waals surface area contributed by atoms with Gasteiger partial charge in [0.05, 0.1) is 4.92 Å². The van der Waals surface area contributed by atoms with Gasteiger partial charge in [0.25, 0.3) is 5.69 Å². The van der Waals surface area contributed by atoms with E-state index in [0.717, 1.165) is 4.90 Å². The number of para-hydroxylation sites is 1. The standard InChI is InChI=1S/C16H13ClN2O5/c17-15(20)10-18(13-4-2-1-3-5-13)16(21)24-11-12-6-8-14(9-7-12)19(22)23/h1-9H,10-11H2. The molecule has 0 aliphatic carbocycles. The maximum absolute atomic E-state index is 12.2. The molecule has 0 heterocycles. The van der Waals surface area contributed by atoms with Crippen LogP contribution in [0.5, 0.6) is 0 Å². The minimum Gasteiger partial charge on any atom is -0.444 e. The van der Waals surface area contributed by atoms with E-state index in [1.54, 1.807) is 30.3 Å². The van der Waals surface area contributed by atoms with Gasteiger partial charge in [-0.3, -0.25) is 19.8 Å². The van der Waals surface area contributed by atoms with Crippen LogP contribution in [0.3, 0.4) is 0 Å². The van der Waals surface area contributed by atoms with E-state index >= 15 is 0 Å². The fraction of sp³-hybridized carbons (Fsp3) is 0.125. The zero-order valence-electron chi connectivity index (χ0n) is 12.4. The molecule has 2 aromatic carbocycles. The second-order valence-electron chi connectivity index (χ2n) is 4.75. The Bertz CT molecular complexity index is 734. The minimum absolute atomic E-state index is 0.0521. The molecule has 124 valence electrons. The summed E-state index contributed by atoms with van der Waals surface area (Å²) in [4.78, 5) is 34.6. The fourth-order valence-corrected chi connectivity index (χ4v) is 2.05. The van der Waals surface area contributed by atoms with Crippen molar-refractivity contribution in [2.45, 2.75) is 6.61 Å². The van der Waals surface area contributed by atoms with Crippen LogP contribution in [0.4, 0.5) is 16.2 Å². The molecular formula is C16H13ClN2O5.